The minimum Gasteiger partial charge on any atom is -0.326 e. The predicted octanol–water partition coefficient (Wildman–Crippen LogP) is 3.40. The minimum absolute atomic E-state index is 0.230. The first kappa shape index (κ1) is 10.0. The Labute approximate surface area is 90.1 Å². The molecule has 0 spiro atoms. The highest BCUT2D eigenvalue weighted by molar-refractivity contribution is 6.30. The SMILES string of the molecule is CC(C)(C)C(c1n[c][nH]c1Cl)C1CC1. The van der Waals surface area contributed by atoms with E-state index in [2.05, 4.69) is 37.1 Å². The normalized spacial score (nSPS) is 19.7. The van der Waals surface area contributed by atoms with E-state index in [1.54, 1.807) is 0 Å². The van der Waals surface area contributed by atoms with Gasteiger partial charge >= 0.3 is 0 Å². The summed E-state index contributed by atoms with van der Waals surface area (Å²) < 4.78 is 0. The fourth-order valence-electron chi connectivity index (χ4n) is 2.23. The lowest BCUT2D eigenvalue weighted by molar-refractivity contribution is 0.287. The molecule has 3 heteroatoms. The molecule has 0 bridgehead atoms. The average Bonchev–Trinajstić information content (AvgIpc) is 2.76. The van der Waals surface area contributed by atoms with Gasteiger partial charge in [-0.25, -0.2) is 4.98 Å². The molecule has 1 unspecified atom stereocenters. The van der Waals surface area contributed by atoms with E-state index in [4.69, 9.17) is 11.6 Å². The van der Waals surface area contributed by atoms with Gasteiger partial charge in [-0.15, -0.1) is 0 Å². The highest BCUT2D eigenvalue weighted by Gasteiger charge is 2.41. The van der Waals surface area contributed by atoms with E-state index in [0.717, 1.165) is 11.6 Å². The van der Waals surface area contributed by atoms with Gasteiger partial charge in [-0.3, -0.25) is 0 Å². The molecule has 0 aliphatic heterocycles. The smallest absolute Gasteiger partial charge is 0.175 e. The van der Waals surface area contributed by atoms with Crippen molar-refractivity contribution in [2.75, 3.05) is 0 Å². The second-order valence-electron chi connectivity index (χ2n) is 5.23. The number of halogens is 1. The number of aromatic amines is 1. The zero-order chi connectivity index (χ0) is 10.3. The predicted molar refractivity (Wildman–Crippen MR) is 57.4 cm³/mol. The van der Waals surface area contributed by atoms with E-state index in [1.807, 2.05) is 0 Å². The van der Waals surface area contributed by atoms with Crippen molar-refractivity contribution >= 4 is 11.6 Å². The molecular formula is C11H16ClN2. The van der Waals surface area contributed by atoms with Crippen LogP contribution in [-0.4, -0.2) is 9.97 Å². The van der Waals surface area contributed by atoms with Crippen LogP contribution in [0.5, 0.6) is 0 Å². The van der Waals surface area contributed by atoms with Crippen molar-refractivity contribution in [1.29, 1.82) is 0 Å². The molecule has 1 aromatic heterocycles. The van der Waals surface area contributed by atoms with Crippen molar-refractivity contribution in [3.05, 3.63) is 17.2 Å². The summed E-state index contributed by atoms with van der Waals surface area (Å²) >= 11 is 6.06. The first-order valence-electron chi connectivity index (χ1n) is 5.11. The standard InChI is InChI=1S/C11H16ClN2/c1-11(2,3)8(7-4-5-7)9-10(12)14-6-13-9/h7-8H,4-5H2,1-3H3,(H,13,14). The number of hydrogen-bond donors (Lipinski definition) is 1. The van der Waals surface area contributed by atoms with Gasteiger partial charge in [0.25, 0.3) is 0 Å². The van der Waals surface area contributed by atoms with Crippen LogP contribution in [0.25, 0.3) is 0 Å². The van der Waals surface area contributed by atoms with Gasteiger partial charge in [-0.1, -0.05) is 32.4 Å². The molecule has 1 aliphatic rings. The van der Waals surface area contributed by atoms with E-state index in [0.29, 0.717) is 11.1 Å². The lowest BCUT2D eigenvalue weighted by Gasteiger charge is -2.29. The summed E-state index contributed by atoms with van der Waals surface area (Å²) in [7, 11) is 0. The van der Waals surface area contributed by atoms with Gasteiger partial charge in [-0.05, 0) is 24.2 Å². The van der Waals surface area contributed by atoms with Crippen LogP contribution in [0.1, 0.15) is 45.2 Å². The minimum atomic E-state index is 0.230. The molecule has 2 nitrogen and oxygen atoms in total. The molecule has 14 heavy (non-hydrogen) atoms. The number of nitrogens with one attached hydrogen (secondary N) is 1. The molecular weight excluding hydrogens is 196 g/mol. The van der Waals surface area contributed by atoms with Gasteiger partial charge < -0.3 is 4.98 Å². The highest BCUT2D eigenvalue weighted by atomic mass is 35.5. The molecule has 0 saturated heterocycles. The van der Waals surface area contributed by atoms with Crippen molar-refractivity contribution in [3.63, 3.8) is 0 Å². The zero-order valence-electron chi connectivity index (χ0n) is 8.89. The number of aromatic nitrogens is 2. The maximum absolute atomic E-state index is 6.06. The Morgan fingerprint density at radius 1 is 1.50 bits per heavy atom. The zero-order valence-corrected chi connectivity index (χ0v) is 9.65. The van der Waals surface area contributed by atoms with Crippen molar-refractivity contribution in [3.8, 4) is 0 Å². The van der Waals surface area contributed by atoms with Gasteiger partial charge in [0, 0.05) is 5.92 Å². The van der Waals surface area contributed by atoms with Gasteiger partial charge in [0.1, 0.15) is 5.15 Å². The van der Waals surface area contributed by atoms with Crippen LogP contribution in [0, 0.1) is 17.7 Å². The van der Waals surface area contributed by atoms with Gasteiger partial charge in [0.15, 0.2) is 6.33 Å². The van der Waals surface area contributed by atoms with E-state index < -0.39 is 0 Å². The summed E-state index contributed by atoms with van der Waals surface area (Å²) in [4.78, 5) is 7.06. The Bertz CT molecular complexity index is 320. The molecule has 0 aromatic carbocycles. The average molecular weight is 212 g/mol. The maximum atomic E-state index is 6.06. The third-order valence-electron chi connectivity index (χ3n) is 2.89. The van der Waals surface area contributed by atoms with Crippen molar-refractivity contribution in [1.82, 2.24) is 9.97 Å². The number of nitrogens with zero attached hydrogens (tertiary/aromatic N) is 1. The van der Waals surface area contributed by atoms with Crippen molar-refractivity contribution < 1.29 is 0 Å². The molecule has 77 valence electrons. The van der Waals surface area contributed by atoms with Crippen LogP contribution < -0.4 is 0 Å². The Kier molecular flexibility index (Phi) is 2.34. The Morgan fingerprint density at radius 3 is 2.50 bits per heavy atom. The lowest BCUT2D eigenvalue weighted by Crippen LogP contribution is -2.21. The van der Waals surface area contributed by atoms with Crippen LogP contribution in [0.15, 0.2) is 0 Å². The molecule has 1 aromatic rings. The number of rotatable bonds is 2. The van der Waals surface area contributed by atoms with Crippen LogP contribution in [0.3, 0.4) is 0 Å². The fourth-order valence-corrected chi connectivity index (χ4v) is 2.43. The summed E-state index contributed by atoms with van der Waals surface area (Å²) in [5, 5.41) is 0.664. The number of imidazole rings is 1. The van der Waals surface area contributed by atoms with Crippen LogP contribution in [-0.2, 0) is 0 Å². The largest absolute Gasteiger partial charge is 0.326 e. The van der Waals surface area contributed by atoms with E-state index >= 15 is 0 Å². The third kappa shape index (κ3) is 1.81. The first-order chi connectivity index (χ1) is 6.50. The van der Waals surface area contributed by atoms with Gasteiger partial charge in [0.2, 0.25) is 0 Å². The first-order valence-corrected chi connectivity index (χ1v) is 5.49. The van der Waals surface area contributed by atoms with E-state index in [-0.39, 0.29) is 5.41 Å². The van der Waals surface area contributed by atoms with E-state index in [1.165, 1.54) is 12.8 Å². The summed E-state index contributed by atoms with van der Waals surface area (Å²) in [5.41, 5.74) is 1.23. The fraction of sp³-hybridized carbons (Fsp3) is 0.727. The van der Waals surface area contributed by atoms with Crippen LogP contribution >= 0.6 is 11.6 Å². The van der Waals surface area contributed by atoms with Crippen molar-refractivity contribution in [2.24, 2.45) is 11.3 Å². The number of H-pyrrole nitrogens is 1. The third-order valence-corrected chi connectivity index (χ3v) is 3.18. The molecule has 2 rings (SSSR count). The maximum Gasteiger partial charge on any atom is 0.175 e. The second-order valence-corrected chi connectivity index (χ2v) is 5.61. The van der Waals surface area contributed by atoms with Gasteiger partial charge in [-0.2, -0.15) is 0 Å². The lowest BCUT2D eigenvalue weighted by atomic mass is 9.76. The van der Waals surface area contributed by atoms with Crippen molar-refractivity contribution in [2.45, 2.75) is 39.5 Å². The monoisotopic (exact) mass is 211 g/mol. The molecule has 1 saturated carbocycles. The summed E-state index contributed by atoms with van der Waals surface area (Å²) in [5.74, 6) is 1.24. The van der Waals surface area contributed by atoms with Gasteiger partial charge in [0.05, 0.1) is 5.69 Å². The summed E-state index contributed by atoms with van der Waals surface area (Å²) in [6, 6.07) is 0. The Morgan fingerprint density at radius 2 is 2.14 bits per heavy atom. The van der Waals surface area contributed by atoms with Crippen LogP contribution in [0.2, 0.25) is 5.15 Å². The molecule has 1 N–H and O–H groups in total. The van der Waals surface area contributed by atoms with E-state index in [9.17, 15) is 0 Å². The Balaban J connectivity index is 2.32. The quantitative estimate of drug-likeness (QED) is 0.798. The highest BCUT2D eigenvalue weighted by Crippen LogP contribution is 2.51. The molecule has 1 aliphatic carbocycles. The van der Waals surface area contributed by atoms with Crippen LogP contribution in [0.4, 0.5) is 0 Å². The molecule has 1 fully saturated rings. The summed E-state index contributed by atoms with van der Waals surface area (Å²) in [6.07, 6.45) is 5.35. The molecule has 0 amide bonds. The number of hydrogen-bond acceptors (Lipinski definition) is 1. The summed E-state index contributed by atoms with van der Waals surface area (Å²) in [6.45, 7) is 6.75. The second kappa shape index (κ2) is 3.27. The molecule has 1 heterocycles. The Hall–Kier alpha value is -0.500. The topological polar surface area (TPSA) is 28.7 Å². The molecule has 1 atom stereocenters. The molecule has 1 radical (unpaired) electrons.